The van der Waals surface area contributed by atoms with Crippen molar-refractivity contribution in [1.82, 2.24) is 5.43 Å². The normalized spacial score (nSPS) is 11.1. The minimum atomic E-state index is -0.00439. The number of nitrogens with zero attached hydrogens (tertiary/aromatic N) is 1. The second-order valence-electron chi connectivity index (χ2n) is 7.79. The van der Waals surface area contributed by atoms with E-state index in [1.165, 1.54) is 70.6 Å². The van der Waals surface area contributed by atoms with Crippen molar-refractivity contribution >= 4 is 12.1 Å². The average molecular weight is 403 g/mol. The van der Waals surface area contributed by atoms with Gasteiger partial charge in [0.25, 0.3) is 0 Å². The Morgan fingerprint density at radius 3 is 1.86 bits per heavy atom. The molecule has 0 bridgehead atoms. The molecule has 0 saturated heterocycles. The van der Waals surface area contributed by atoms with Crippen molar-refractivity contribution in [2.45, 2.75) is 104 Å². The van der Waals surface area contributed by atoms with E-state index in [0.717, 1.165) is 24.2 Å². The fourth-order valence-corrected chi connectivity index (χ4v) is 3.35. The van der Waals surface area contributed by atoms with Crippen LogP contribution in [0.2, 0.25) is 0 Å². The monoisotopic (exact) mass is 402 g/mol. The van der Waals surface area contributed by atoms with Gasteiger partial charge in [-0.2, -0.15) is 5.10 Å². The summed E-state index contributed by atoms with van der Waals surface area (Å²) in [6.45, 7) is 4.89. The standard InChI is InChI=1S/C25H42N2O2/c1-3-5-6-7-8-9-10-11-12-13-14-15-16-17-25(28)27-26-22-23-18-20-24(21-19-23)29-4-2/h18-22H,3-17H2,1-2H3,(H,27,28)/b26-22-. The molecule has 0 aliphatic carbocycles. The number of hydrogen-bond donors (Lipinski definition) is 1. The molecule has 0 spiro atoms. The predicted octanol–water partition coefficient (Wildman–Crippen LogP) is 7.02. The van der Waals surface area contributed by atoms with E-state index in [9.17, 15) is 4.79 Å². The van der Waals surface area contributed by atoms with Gasteiger partial charge in [0.05, 0.1) is 12.8 Å². The van der Waals surface area contributed by atoms with E-state index in [-0.39, 0.29) is 5.91 Å². The van der Waals surface area contributed by atoms with Gasteiger partial charge in [0.2, 0.25) is 5.91 Å². The van der Waals surface area contributed by atoms with Crippen LogP contribution in [0.15, 0.2) is 29.4 Å². The summed E-state index contributed by atoms with van der Waals surface area (Å²) in [4.78, 5) is 11.8. The van der Waals surface area contributed by atoms with Crippen LogP contribution in [0.4, 0.5) is 0 Å². The Balaban J connectivity index is 1.92. The number of hydrazone groups is 1. The molecule has 0 radical (unpaired) electrons. The van der Waals surface area contributed by atoms with Gasteiger partial charge in [-0.15, -0.1) is 0 Å². The molecule has 0 heterocycles. The number of hydrogen-bond acceptors (Lipinski definition) is 3. The van der Waals surface area contributed by atoms with Crippen LogP contribution in [0, 0.1) is 0 Å². The molecule has 0 saturated carbocycles. The molecule has 1 aromatic rings. The summed E-state index contributed by atoms with van der Waals surface area (Å²) >= 11 is 0. The molecule has 0 aromatic heterocycles. The summed E-state index contributed by atoms with van der Waals surface area (Å²) in [5.74, 6) is 0.839. The third-order valence-electron chi connectivity index (χ3n) is 5.10. The number of rotatable bonds is 18. The molecule has 1 rings (SSSR count). The van der Waals surface area contributed by atoms with Crippen LogP contribution in [-0.2, 0) is 4.79 Å². The Bertz CT molecular complexity index is 540. The maximum atomic E-state index is 11.8. The van der Waals surface area contributed by atoms with Crippen molar-refractivity contribution in [1.29, 1.82) is 0 Å². The predicted molar refractivity (Wildman–Crippen MR) is 124 cm³/mol. The van der Waals surface area contributed by atoms with Crippen molar-refractivity contribution in [3.8, 4) is 5.75 Å². The Kier molecular flexibility index (Phi) is 15.8. The van der Waals surface area contributed by atoms with Crippen LogP contribution < -0.4 is 10.2 Å². The molecule has 0 fully saturated rings. The van der Waals surface area contributed by atoms with E-state index in [0.29, 0.717) is 13.0 Å². The number of nitrogens with one attached hydrogen (secondary N) is 1. The molecule has 1 N–H and O–H groups in total. The zero-order valence-corrected chi connectivity index (χ0v) is 18.8. The van der Waals surface area contributed by atoms with Gasteiger partial charge in [0.15, 0.2) is 0 Å². The summed E-state index contributed by atoms with van der Waals surface area (Å²) in [5.41, 5.74) is 3.55. The van der Waals surface area contributed by atoms with Gasteiger partial charge in [0.1, 0.15) is 5.75 Å². The summed E-state index contributed by atoms with van der Waals surface area (Å²) in [6, 6.07) is 7.65. The van der Waals surface area contributed by atoms with Gasteiger partial charge < -0.3 is 4.74 Å². The minimum absolute atomic E-state index is 0.00439. The first kappa shape index (κ1) is 25.2. The Labute approximate surface area is 178 Å². The molecule has 4 heteroatoms. The number of carbonyl (C=O) groups is 1. The highest BCUT2D eigenvalue weighted by Crippen LogP contribution is 2.13. The van der Waals surface area contributed by atoms with Gasteiger partial charge in [-0.1, -0.05) is 84.0 Å². The van der Waals surface area contributed by atoms with E-state index in [4.69, 9.17) is 4.74 Å². The summed E-state index contributed by atoms with van der Waals surface area (Å²) in [5, 5.41) is 4.03. The Morgan fingerprint density at radius 1 is 0.828 bits per heavy atom. The number of benzene rings is 1. The molecular formula is C25H42N2O2. The fourth-order valence-electron chi connectivity index (χ4n) is 3.35. The summed E-state index contributed by atoms with van der Waals surface area (Å²) in [7, 11) is 0. The first-order valence-electron chi connectivity index (χ1n) is 11.8. The number of unbranched alkanes of at least 4 members (excludes halogenated alkanes) is 12. The highest BCUT2D eigenvalue weighted by molar-refractivity contribution is 5.82. The van der Waals surface area contributed by atoms with Crippen LogP contribution in [0.5, 0.6) is 5.75 Å². The topological polar surface area (TPSA) is 50.7 Å². The van der Waals surface area contributed by atoms with Gasteiger partial charge >= 0.3 is 0 Å². The molecule has 0 unspecified atom stereocenters. The van der Waals surface area contributed by atoms with Crippen molar-refractivity contribution in [3.63, 3.8) is 0 Å². The molecule has 29 heavy (non-hydrogen) atoms. The molecule has 1 amide bonds. The van der Waals surface area contributed by atoms with Gasteiger partial charge in [0, 0.05) is 6.42 Å². The first-order valence-corrected chi connectivity index (χ1v) is 11.8. The van der Waals surface area contributed by atoms with Crippen LogP contribution in [0.1, 0.15) is 109 Å². The lowest BCUT2D eigenvalue weighted by atomic mass is 10.0. The quantitative estimate of drug-likeness (QED) is 0.163. The smallest absolute Gasteiger partial charge is 0.240 e. The van der Waals surface area contributed by atoms with E-state index in [2.05, 4.69) is 17.5 Å². The molecular weight excluding hydrogens is 360 g/mol. The third-order valence-corrected chi connectivity index (χ3v) is 5.10. The van der Waals surface area contributed by atoms with Gasteiger partial charge in [-0.25, -0.2) is 5.43 Å². The largest absolute Gasteiger partial charge is 0.494 e. The van der Waals surface area contributed by atoms with Crippen LogP contribution >= 0.6 is 0 Å². The lowest BCUT2D eigenvalue weighted by molar-refractivity contribution is -0.121. The summed E-state index contributed by atoms with van der Waals surface area (Å²) in [6.07, 6.45) is 19.3. The molecule has 1 aromatic carbocycles. The zero-order valence-electron chi connectivity index (χ0n) is 18.8. The summed E-state index contributed by atoms with van der Waals surface area (Å²) < 4.78 is 5.40. The number of carbonyl (C=O) groups excluding carboxylic acids is 1. The Hall–Kier alpha value is -1.84. The lowest BCUT2D eigenvalue weighted by Crippen LogP contribution is -2.16. The molecule has 0 aliphatic rings. The van der Waals surface area contributed by atoms with E-state index in [1.807, 2.05) is 31.2 Å². The van der Waals surface area contributed by atoms with E-state index >= 15 is 0 Å². The molecule has 0 atom stereocenters. The lowest BCUT2D eigenvalue weighted by Gasteiger charge is -2.03. The van der Waals surface area contributed by atoms with Crippen LogP contribution in [0.3, 0.4) is 0 Å². The maximum absolute atomic E-state index is 11.8. The maximum Gasteiger partial charge on any atom is 0.240 e. The van der Waals surface area contributed by atoms with Crippen LogP contribution in [0.25, 0.3) is 0 Å². The number of amides is 1. The Morgan fingerprint density at radius 2 is 1.34 bits per heavy atom. The highest BCUT2D eigenvalue weighted by atomic mass is 16.5. The number of ether oxygens (including phenoxy) is 1. The second kappa shape index (κ2) is 18.2. The van der Waals surface area contributed by atoms with Crippen molar-refractivity contribution < 1.29 is 9.53 Å². The molecule has 164 valence electrons. The minimum Gasteiger partial charge on any atom is -0.494 e. The molecule has 4 nitrogen and oxygen atoms in total. The van der Waals surface area contributed by atoms with Crippen molar-refractivity contribution in [3.05, 3.63) is 29.8 Å². The second-order valence-corrected chi connectivity index (χ2v) is 7.79. The fraction of sp³-hybridized carbons (Fsp3) is 0.680. The van der Waals surface area contributed by atoms with Gasteiger partial charge in [-0.3, -0.25) is 4.79 Å². The first-order chi connectivity index (χ1) is 14.3. The third kappa shape index (κ3) is 14.8. The van der Waals surface area contributed by atoms with Crippen molar-refractivity contribution in [2.75, 3.05) is 6.61 Å². The molecule has 0 aliphatic heterocycles. The SMILES string of the molecule is CCCCCCCCCCCCCCCC(=O)N/N=C\c1ccc(OCC)cc1. The zero-order chi connectivity index (χ0) is 21.0. The van der Waals surface area contributed by atoms with E-state index in [1.54, 1.807) is 6.21 Å². The average Bonchev–Trinajstić information content (AvgIpc) is 2.73. The van der Waals surface area contributed by atoms with E-state index < -0.39 is 0 Å². The van der Waals surface area contributed by atoms with Crippen molar-refractivity contribution in [2.24, 2.45) is 5.10 Å². The van der Waals surface area contributed by atoms with Gasteiger partial charge in [-0.05, 0) is 43.2 Å². The highest BCUT2D eigenvalue weighted by Gasteiger charge is 2.00. The van der Waals surface area contributed by atoms with Crippen LogP contribution in [-0.4, -0.2) is 18.7 Å².